The summed E-state index contributed by atoms with van der Waals surface area (Å²) >= 11 is 5.95. The Morgan fingerprint density at radius 3 is 2.32 bits per heavy atom. The number of aromatic nitrogens is 3. The summed E-state index contributed by atoms with van der Waals surface area (Å²) in [7, 11) is 0. The summed E-state index contributed by atoms with van der Waals surface area (Å²) in [6, 6.07) is 13.8. The van der Waals surface area contributed by atoms with E-state index in [0.717, 1.165) is 5.56 Å². The number of fused-ring (bicyclic) bond motifs is 1. The van der Waals surface area contributed by atoms with Gasteiger partial charge in [-0.2, -0.15) is 0 Å². The molecule has 0 radical (unpaired) electrons. The molecule has 4 rings (SSSR count). The lowest BCUT2D eigenvalue weighted by Gasteiger charge is -2.08. The SMILES string of the molecule is Fc1ccc(-c2ccc3ncnc(-c4cc(F)cc(Cl)c4)c3n2)cc1. The molecule has 4 aromatic rings. The van der Waals surface area contributed by atoms with Gasteiger partial charge in [0.25, 0.3) is 0 Å². The molecule has 0 bridgehead atoms. The standard InChI is InChI=1S/C19H10ClF2N3/c20-13-7-12(8-15(22)9-13)18-19-17(23-10-24-18)6-5-16(25-19)11-1-3-14(21)4-2-11/h1-10H. The third-order valence-electron chi connectivity index (χ3n) is 3.76. The molecule has 0 saturated carbocycles. The quantitative estimate of drug-likeness (QED) is 0.491. The van der Waals surface area contributed by atoms with Crippen LogP contribution < -0.4 is 0 Å². The topological polar surface area (TPSA) is 38.7 Å². The van der Waals surface area contributed by atoms with Crippen LogP contribution in [0.3, 0.4) is 0 Å². The van der Waals surface area contributed by atoms with Crippen molar-refractivity contribution in [2.75, 3.05) is 0 Å². The van der Waals surface area contributed by atoms with Crippen LogP contribution in [-0.4, -0.2) is 15.0 Å². The maximum Gasteiger partial charge on any atom is 0.125 e. The van der Waals surface area contributed by atoms with Crippen LogP contribution in [0.15, 0.2) is 60.9 Å². The van der Waals surface area contributed by atoms with Gasteiger partial charge in [0.1, 0.15) is 29.2 Å². The Morgan fingerprint density at radius 1 is 0.760 bits per heavy atom. The number of halogens is 3. The molecule has 0 fully saturated rings. The zero-order valence-electron chi connectivity index (χ0n) is 12.7. The van der Waals surface area contributed by atoms with E-state index in [0.29, 0.717) is 28.0 Å². The maximum atomic E-state index is 13.7. The van der Waals surface area contributed by atoms with Crippen LogP contribution >= 0.6 is 11.6 Å². The van der Waals surface area contributed by atoms with E-state index in [2.05, 4.69) is 15.0 Å². The number of benzene rings is 2. The first kappa shape index (κ1) is 15.6. The molecule has 0 spiro atoms. The third kappa shape index (κ3) is 3.06. The second-order valence-corrected chi connectivity index (χ2v) is 5.89. The van der Waals surface area contributed by atoms with Gasteiger partial charge in [0.05, 0.1) is 11.2 Å². The van der Waals surface area contributed by atoms with Gasteiger partial charge >= 0.3 is 0 Å². The van der Waals surface area contributed by atoms with Crippen LogP contribution in [0.5, 0.6) is 0 Å². The molecule has 25 heavy (non-hydrogen) atoms. The molecule has 0 aliphatic heterocycles. The Hall–Kier alpha value is -2.92. The van der Waals surface area contributed by atoms with Gasteiger partial charge < -0.3 is 0 Å². The molecule has 3 nitrogen and oxygen atoms in total. The van der Waals surface area contributed by atoms with E-state index >= 15 is 0 Å². The van der Waals surface area contributed by atoms with Crippen LogP contribution in [-0.2, 0) is 0 Å². The van der Waals surface area contributed by atoms with E-state index in [1.165, 1.54) is 30.6 Å². The number of nitrogens with zero attached hydrogens (tertiary/aromatic N) is 3. The van der Waals surface area contributed by atoms with Gasteiger partial charge in [-0.25, -0.2) is 23.7 Å². The number of hydrogen-bond donors (Lipinski definition) is 0. The molecular formula is C19H10ClF2N3. The van der Waals surface area contributed by atoms with E-state index in [1.54, 1.807) is 30.3 Å². The molecule has 0 amide bonds. The van der Waals surface area contributed by atoms with Crippen LogP contribution in [0, 0.1) is 11.6 Å². The van der Waals surface area contributed by atoms with E-state index in [-0.39, 0.29) is 10.8 Å². The molecule has 122 valence electrons. The van der Waals surface area contributed by atoms with Crippen LogP contribution in [0.1, 0.15) is 0 Å². The molecule has 0 atom stereocenters. The van der Waals surface area contributed by atoms with Crippen molar-refractivity contribution in [2.45, 2.75) is 0 Å². The predicted octanol–water partition coefficient (Wildman–Crippen LogP) is 5.29. The van der Waals surface area contributed by atoms with Crippen LogP contribution in [0.4, 0.5) is 8.78 Å². The molecule has 6 heteroatoms. The van der Waals surface area contributed by atoms with Gasteiger partial charge in [0.15, 0.2) is 0 Å². The summed E-state index contributed by atoms with van der Waals surface area (Å²) in [4.78, 5) is 13.0. The molecule has 2 aromatic carbocycles. The van der Waals surface area contributed by atoms with Gasteiger partial charge in [-0.15, -0.1) is 0 Å². The van der Waals surface area contributed by atoms with Gasteiger partial charge in [-0.05, 0) is 54.6 Å². The molecule has 0 N–H and O–H groups in total. The van der Waals surface area contributed by atoms with E-state index in [4.69, 9.17) is 11.6 Å². The van der Waals surface area contributed by atoms with Crippen LogP contribution in [0.25, 0.3) is 33.5 Å². The van der Waals surface area contributed by atoms with Gasteiger partial charge in [0.2, 0.25) is 0 Å². The lowest BCUT2D eigenvalue weighted by atomic mass is 10.1. The minimum atomic E-state index is -0.455. The van der Waals surface area contributed by atoms with Crippen molar-refractivity contribution in [1.82, 2.24) is 15.0 Å². The second kappa shape index (κ2) is 6.18. The Kier molecular flexibility index (Phi) is 3.86. The lowest BCUT2D eigenvalue weighted by Crippen LogP contribution is -1.94. The first-order chi connectivity index (χ1) is 12.1. The molecule has 0 aliphatic carbocycles. The van der Waals surface area contributed by atoms with Crippen molar-refractivity contribution >= 4 is 22.6 Å². The van der Waals surface area contributed by atoms with Crippen molar-refractivity contribution in [3.05, 3.63) is 77.6 Å². The second-order valence-electron chi connectivity index (χ2n) is 5.45. The largest absolute Gasteiger partial charge is 0.244 e. The third-order valence-corrected chi connectivity index (χ3v) is 3.98. The fourth-order valence-corrected chi connectivity index (χ4v) is 2.85. The average Bonchev–Trinajstić information content (AvgIpc) is 2.60. The van der Waals surface area contributed by atoms with E-state index in [9.17, 15) is 8.78 Å². The highest BCUT2D eigenvalue weighted by atomic mass is 35.5. The number of hydrogen-bond acceptors (Lipinski definition) is 3. The van der Waals surface area contributed by atoms with Gasteiger partial charge in [0, 0.05) is 16.1 Å². The maximum absolute atomic E-state index is 13.7. The summed E-state index contributed by atoms with van der Waals surface area (Å²) in [6.07, 6.45) is 1.40. The van der Waals surface area contributed by atoms with Crippen molar-refractivity contribution in [1.29, 1.82) is 0 Å². The average molecular weight is 354 g/mol. The van der Waals surface area contributed by atoms with Crippen molar-refractivity contribution in [3.8, 4) is 22.5 Å². The molecule has 2 aromatic heterocycles. The fraction of sp³-hybridized carbons (Fsp3) is 0. The lowest BCUT2D eigenvalue weighted by molar-refractivity contribution is 0.628. The summed E-state index contributed by atoms with van der Waals surface area (Å²) in [6.45, 7) is 0. The Labute approximate surface area is 147 Å². The Morgan fingerprint density at radius 2 is 1.56 bits per heavy atom. The smallest absolute Gasteiger partial charge is 0.125 e. The highest BCUT2D eigenvalue weighted by Crippen LogP contribution is 2.29. The zero-order chi connectivity index (χ0) is 17.4. The number of pyridine rings is 1. The Bertz CT molecular complexity index is 1060. The molecule has 0 aliphatic rings. The molecule has 0 unspecified atom stereocenters. The summed E-state index contributed by atoms with van der Waals surface area (Å²) in [5.74, 6) is -0.771. The number of rotatable bonds is 2. The summed E-state index contributed by atoms with van der Waals surface area (Å²) < 4.78 is 26.8. The van der Waals surface area contributed by atoms with Crippen LogP contribution in [0.2, 0.25) is 5.02 Å². The van der Waals surface area contributed by atoms with Crippen molar-refractivity contribution in [3.63, 3.8) is 0 Å². The minimum absolute atomic E-state index is 0.274. The monoisotopic (exact) mass is 353 g/mol. The summed E-state index contributed by atoms with van der Waals surface area (Å²) in [5.41, 5.74) is 3.54. The van der Waals surface area contributed by atoms with Crippen molar-refractivity contribution < 1.29 is 8.78 Å². The first-order valence-electron chi connectivity index (χ1n) is 7.44. The minimum Gasteiger partial charge on any atom is -0.244 e. The first-order valence-corrected chi connectivity index (χ1v) is 7.82. The zero-order valence-corrected chi connectivity index (χ0v) is 13.5. The normalized spacial score (nSPS) is 11.0. The van der Waals surface area contributed by atoms with Crippen molar-refractivity contribution in [2.24, 2.45) is 0 Å². The predicted molar refractivity (Wildman–Crippen MR) is 93.1 cm³/mol. The molecular weight excluding hydrogens is 344 g/mol. The molecule has 2 heterocycles. The van der Waals surface area contributed by atoms with Gasteiger partial charge in [-0.1, -0.05) is 11.6 Å². The van der Waals surface area contributed by atoms with Gasteiger partial charge in [-0.3, -0.25) is 0 Å². The van der Waals surface area contributed by atoms with E-state index in [1.807, 2.05) is 0 Å². The highest BCUT2D eigenvalue weighted by molar-refractivity contribution is 6.30. The summed E-state index contributed by atoms with van der Waals surface area (Å²) in [5, 5.41) is 0.274. The fourth-order valence-electron chi connectivity index (χ4n) is 2.62. The highest BCUT2D eigenvalue weighted by Gasteiger charge is 2.11. The van der Waals surface area contributed by atoms with E-state index < -0.39 is 5.82 Å². The molecule has 0 saturated heterocycles. The Balaban J connectivity index is 1.93.